The van der Waals surface area contributed by atoms with Gasteiger partial charge in [-0.2, -0.15) is 0 Å². The monoisotopic (exact) mass is 382 g/mol. The van der Waals surface area contributed by atoms with E-state index in [0.717, 1.165) is 11.3 Å². The zero-order valence-electron chi connectivity index (χ0n) is 16.2. The van der Waals surface area contributed by atoms with Crippen LogP contribution in [0.5, 0.6) is 5.75 Å². The molecule has 3 rings (SSSR count). The summed E-state index contributed by atoms with van der Waals surface area (Å²) in [4.78, 5) is 18.8. The minimum Gasteiger partial charge on any atom is -0.497 e. The summed E-state index contributed by atoms with van der Waals surface area (Å²) in [6, 6.07) is 14.1. The highest BCUT2D eigenvalue weighted by Crippen LogP contribution is 2.18. The summed E-state index contributed by atoms with van der Waals surface area (Å²) >= 11 is 0. The summed E-state index contributed by atoms with van der Waals surface area (Å²) in [5.74, 6) is 0.770. The molecule has 0 radical (unpaired) electrons. The number of methoxy groups -OCH3 is 1. The lowest BCUT2D eigenvalue weighted by Crippen LogP contribution is -2.33. The normalized spacial score (nSPS) is 10.7. The molecule has 1 aromatic heterocycles. The van der Waals surface area contributed by atoms with Crippen molar-refractivity contribution >= 4 is 5.91 Å². The van der Waals surface area contributed by atoms with Crippen LogP contribution in [-0.4, -0.2) is 29.4 Å². The molecule has 3 aromatic rings. The number of benzene rings is 2. The predicted molar refractivity (Wildman–Crippen MR) is 104 cm³/mol. The first-order valence-corrected chi connectivity index (χ1v) is 9.07. The van der Waals surface area contributed by atoms with Crippen LogP contribution in [0.2, 0.25) is 0 Å². The highest BCUT2D eigenvalue weighted by atomic mass is 19.1. The fourth-order valence-electron chi connectivity index (χ4n) is 3.01. The largest absolute Gasteiger partial charge is 0.497 e. The van der Waals surface area contributed by atoms with Crippen LogP contribution >= 0.6 is 0 Å². The maximum absolute atomic E-state index is 14.2. The van der Waals surface area contributed by atoms with E-state index in [1.54, 1.807) is 44.1 Å². The summed E-state index contributed by atoms with van der Waals surface area (Å²) in [6.45, 7) is 4.00. The van der Waals surface area contributed by atoms with Gasteiger partial charge in [-0.1, -0.05) is 30.3 Å². The van der Waals surface area contributed by atoms with Gasteiger partial charge in [0.05, 0.1) is 12.8 Å². The number of hydrogen-bond donors (Lipinski definition) is 0. The molecule has 0 aliphatic heterocycles. The zero-order chi connectivity index (χ0) is 20.1. The number of oxazole rings is 1. The molecule has 146 valence electrons. The lowest BCUT2D eigenvalue weighted by Gasteiger charge is -2.22. The van der Waals surface area contributed by atoms with Gasteiger partial charge in [-0.25, -0.2) is 9.37 Å². The van der Waals surface area contributed by atoms with Crippen LogP contribution in [0.1, 0.15) is 33.3 Å². The zero-order valence-corrected chi connectivity index (χ0v) is 16.2. The van der Waals surface area contributed by atoms with Gasteiger partial charge < -0.3 is 14.1 Å². The topological polar surface area (TPSA) is 55.6 Å². The van der Waals surface area contributed by atoms with E-state index in [4.69, 9.17) is 9.15 Å². The molecule has 28 heavy (non-hydrogen) atoms. The van der Waals surface area contributed by atoms with Crippen molar-refractivity contribution in [1.82, 2.24) is 9.88 Å². The second kappa shape index (κ2) is 8.69. The van der Waals surface area contributed by atoms with Crippen molar-refractivity contribution in [3.8, 4) is 5.75 Å². The standard InChI is InChI=1S/C22H23FN2O3/c1-15-21(28-16(2)24-15)22(26)25(14-18-6-4-5-7-20(18)23)13-12-17-8-10-19(27-3)11-9-17/h4-11H,12-14H2,1-3H3. The molecule has 1 heterocycles. The van der Waals surface area contributed by atoms with Crippen LogP contribution in [0.15, 0.2) is 52.9 Å². The molecule has 6 heteroatoms. The van der Waals surface area contributed by atoms with Crippen molar-refractivity contribution in [3.63, 3.8) is 0 Å². The molecular formula is C22H23FN2O3. The molecule has 0 aliphatic rings. The molecule has 0 N–H and O–H groups in total. The molecule has 5 nitrogen and oxygen atoms in total. The molecule has 0 atom stereocenters. The second-order valence-electron chi connectivity index (χ2n) is 6.56. The first-order chi connectivity index (χ1) is 13.5. The van der Waals surface area contributed by atoms with Crippen LogP contribution < -0.4 is 4.74 Å². The van der Waals surface area contributed by atoms with Gasteiger partial charge in [-0.3, -0.25) is 4.79 Å². The molecule has 0 saturated carbocycles. The Morgan fingerprint density at radius 2 is 1.86 bits per heavy atom. The first kappa shape index (κ1) is 19.6. The number of rotatable bonds is 7. The van der Waals surface area contributed by atoms with Gasteiger partial charge in [0.2, 0.25) is 5.76 Å². The summed E-state index contributed by atoms with van der Waals surface area (Å²) < 4.78 is 24.8. The summed E-state index contributed by atoms with van der Waals surface area (Å²) in [5, 5.41) is 0. The third-order valence-corrected chi connectivity index (χ3v) is 4.53. The van der Waals surface area contributed by atoms with E-state index in [0.29, 0.717) is 30.1 Å². The highest BCUT2D eigenvalue weighted by Gasteiger charge is 2.23. The van der Waals surface area contributed by atoms with Crippen molar-refractivity contribution < 1.29 is 18.3 Å². The Hall–Kier alpha value is -3.15. The van der Waals surface area contributed by atoms with Crippen molar-refractivity contribution in [1.29, 1.82) is 0 Å². The Morgan fingerprint density at radius 3 is 2.46 bits per heavy atom. The first-order valence-electron chi connectivity index (χ1n) is 9.07. The Bertz CT molecular complexity index is 951. The SMILES string of the molecule is COc1ccc(CCN(Cc2ccccc2F)C(=O)c2oc(C)nc2C)cc1. The quantitative estimate of drug-likeness (QED) is 0.611. The molecule has 0 unspecified atom stereocenters. The van der Waals surface area contributed by atoms with Gasteiger partial charge >= 0.3 is 0 Å². The molecular weight excluding hydrogens is 359 g/mol. The molecule has 0 fully saturated rings. The van der Waals surface area contributed by atoms with Gasteiger partial charge in [0.25, 0.3) is 5.91 Å². The van der Waals surface area contributed by atoms with E-state index in [-0.39, 0.29) is 24.0 Å². The average Bonchev–Trinajstić information content (AvgIpc) is 3.04. The van der Waals surface area contributed by atoms with Crippen molar-refractivity contribution in [2.75, 3.05) is 13.7 Å². The number of nitrogens with zero attached hydrogens (tertiary/aromatic N) is 2. The smallest absolute Gasteiger partial charge is 0.291 e. The molecule has 0 spiro atoms. The number of aryl methyl sites for hydroxylation is 2. The Kier molecular flexibility index (Phi) is 6.09. The van der Waals surface area contributed by atoms with Crippen LogP contribution in [0.25, 0.3) is 0 Å². The number of halogens is 1. The Morgan fingerprint density at radius 1 is 1.14 bits per heavy atom. The van der Waals surface area contributed by atoms with Gasteiger partial charge in [0, 0.05) is 25.6 Å². The van der Waals surface area contributed by atoms with Crippen LogP contribution in [0.4, 0.5) is 4.39 Å². The van der Waals surface area contributed by atoms with Gasteiger partial charge in [-0.15, -0.1) is 0 Å². The molecule has 2 aromatic carbocycles. The number of aromatic nitrogens is 1. The minimum atomic E-state index is -0.338. The number of hydrogen-bond acceptors (Lipinski definition) is 4. The number of carbonyl (C=O) groups excluding carboxylic acids is 1. The average molecular weight is 382 g/mol. The summed E-state index contributed by atoms with van der Waals surface area (Å²) in [7, 11) is 1.62. The van der Waals surface area contributed by atoms with E-state index < -0.39 is 0 Å². The minimum absolute atomic E-state index is 0.154. The summed E-state index contributed by atoms with van der Waals surface area (Å²) in [6.07, 6.45) is 0.621. The predicted octanol–water partition coefficient (Wildman–Crippen LogP) is 4.32. The second-order valence-corrected chi connectivity index (χ2v) is 6.56. The number of amides is 1. The Labute approximate surface area is 163 Å². The maximum Gasteiger partial charge on any atom is 0.291 e. The van der Waals surface area contributed by atoms with Crippen molar-refractivity contribution in [3.05, 3.63) is 82.8 Å². The Balaban J connectivity index is 1.81. The van der Waals surface area contributed by atoms with Crippen LogP contribution in [-0.2, 0) is 13.0 Å². The fraction of sp³-hybridized carbons (Fsp3) is 0.273. The fourth-order valence-corrected chi connectivity index (χ4v) is 3.01. The third kappa shape index (κ3) is 4.57. The maximum atomic E-state index is 14.2. The van der Waals surface area contributed by atoms with Gasteiger partial charge in [0.1, 0.15) is 11.6 Å². The van der Waals surface area contributed by atoms with E-state index in [2.05, 4.69) is 4.98 Å². The number of carbonyl (C=O) groups is 1. The van der Waals surface area contributed by atoms with Crippen molar-refractivity contribution in [2.45, 2.75) is 26.8 Å². The van der Waals surface area contributed by atoms with Gasteiger partial charge in [-0.05, 0) is 37.1 Å². The number of ether oxygens (including phenoxy) is 1. The van der Waals surface area contributed by atoms with Gasteiger partial charge in [0.15, 0.2) is 5.89 Å². The van der Waals surface area contributed by atoms with E-state index in [1.807, 2.05) is 24.3 Å². The van der Waals surface area contributed by atoms with E-state index >= 15 is 0 Å². The lowest BCUT2D eigenvalue weighted by atomic mass is 10.1. The molecule has 0 aliphatic carbocycles. The third-order valence-electron chi connectivity index (χ3n) is 4.53. The molecule has 0 saturated heterocycles. The summed E-state index contributed by atoms with van der Waals surface area (Å²) in [5.41, 5.74) is 2.04. The van der Waals surface area contributed by atoms with Crippen LogP contribution in [0, 0.1) is 19.7 Å². The highest BCUT2D eigenvalue weighted by molar-refractivity contribution is 5.92. The van der Waals surface area contributed by atoms with E-state index in [9.17, 15) is 9.18 Å². The molecule has 1 amide bonds. The lowest BCUT2D eigenvalue weighted by molar-refractivity contribution is 0.0709. The van der Waals surface area contributed by atoms with Crippen LogP contribution in [0.3, 0.4) is 0 Å². The molecule has 0 bridgehead atoms. The van der Waals surface area contributed by atoms with Crippen molar-refractivity contribution in [2.24, 2.45) is 0 Å². The van der Waals surface area contributed by atoms with E-state index in [1.165, 1.54) is 6.07 Å².